The van der Waals surface area contributed by atoms with Gasteiger partial charge < -0.3 is 10.1 Å². The third-order valence-electron chi connectivity index (χ3n) is 6.24. The molecular formula is C18H25NO2. The lowest BCUT2D eigenvalue weighted by Gasteiger charge is -2.39. The lowest BCUT2D eigenvalue weighted by atomic mass is 9.69. The molecule has 0 spiro atoms. The molecule has 3 nitrogen and oxygen atoms in total. The van der Waals surface area contributed by atoms with Gasteiger partial charge in [-0.1, -0.05) is 39.0 Å². The Balaban J connectivity index is 1.57. The van der Waals surface area contributed by atoms with E-state index in [1.807, 2.05) is 30.3 Å². The lowest BCUT2D eigenvalue weighted by Crippen LogP contribution is -2.48. The van der Waals surface area contributed by atoms with Crippen LogP contribution in [0.2, 0.25) is 0 Å². The Morgan fingerprint density at radius 3 is 2.57 bits per heavy atom. The third kappa shape index (κ3) is 2.33. The molecule has 0 unspecified atom stereocenters. The van der Waals surface area contributed by atoms with Crippen molar-refractivity contribution >= 4 is 5.91 Å². The van der Waals surface area contributed by atoms with E-state index in [1.165, 1.54) is 12.8 Å². The molecule has 0 radical (unpaired) electrons. The summed E-state index contributed by atoms with van der Waals surface area (Å²) in [5.74, 6) is 1.48. The number of hydrogen-bond acceptors (Lipinski definition) is 2. The monoisotopic (exact) mass is 287 g/mol. The molecule has 0 aromatic heterocycles. The van der Waals surface area contributed by atoms with Crippen molar-refractivity contribution in [3.8, 4) is 5.75 Å². The molecule has 2 bridgehead atoms. The number of carbonyl (C=O) groups excluding carboxylic acids is 1. The lowest BCUT2D eigenvalue weighted by molar-refractivity contribution is -0.124. The van der Waals surface area contributed by atoms with Crippen LogP contribution in [0.1, 0.15) is 40.0 Å². The first-order chi connectivity index (χ1) is 9.93. The highest BCUT2D eigenvalue weighted by Gasteiger charge is 2.61. The van der Waals surface area contributed by atoms with E-state index < -0.39 is 0 Å². The van der Waals surface area contributed by atoms with Crippen LogP contribution in [0.4, 0.5) is 0 Å². The molecule has 114 valence electrons. The highest BCUT2D eigenvalue weighted by molar-refractivity contribution is 5.78. The van der Waals surface area contributed by atoms with Crippen molar-refractivity contribution in [2.24, 2.45) is 16.7 Å². The number of nitrogens with one attached hydrogen (secondary N) is 1. The summed E-state index contributed by atoms with van der Waals surface area (Å²) in [7, 11) is 0. The Morgan fingerprint density at radius 2 is 2.00 bits per heavy atom. The molecular weight excluding hydrogens is 262 g/mol. The van der Waals surface area contributed by atoms with Crippen molar-refractivity contribution in [1.82, 2.24) is 5.32 Å². The second-order valence-corrected chi connectivity index (χ2v) is 7.33. The zero-order chi connectivity index (χ0) is 15.1. The smallest absolute Gasteiger partial charge is 0.258 e. The summed E-state index contributed by atoms with van der Waals surface area (Å²) in [6, 6.07) is 9.79. The topological polar surface area (TPSA) is 38.3 Å². The zero-order valence-corrected chi connectivity index (χ0v) is 13.2. The molecule has 2 aliphatic carbocycles. The zero-order valence-electron chi connectivity index (χ0n) is 13.2. The van der Waals surface area contributed by atoms with Crippen LogP contribution in [0.15, 0.2) is 30.3 Å². The number of benzene rings is 1. The second-order valence-electron chi connectivity index (χ2n) is 7.33. The Kier molecular flexibility index (Phi) is 3.46. The van der Waals surface area contributed by atoms with E-state index in [0.29, 0.717) is 5.41 Å². The Morgan fingerprint density at radius 1 is 1.29 bits per heavy atom. The molecule has 3 rings (SSSR count). The molecule has 3 heteroatoms. The van der Waals surface area contributed by atoms with E-state index in [2.05, 4.69) is 26.1 Å². The van der Waals surface area contributed by atoms with E-state index in [1.54, 1.807) is 0 Å². The van der Waals surface area contributed by atoms with Gasteiger partial charge in [0.25, 0.3) is 5.91 Å². The van der Waals surface area contributed by atoms with Crippen molar-refractivity contribution < 1.29 is 9.53 Å². The molecule has 2 saturated carbocycles. The Labute approximate surface area is 127 Å². The molecule has 0 aliphatic heterocycles. The fraction of sp³-hybridized carbons (Fsp3) is 0.611. The van der Waals surface area contributed by atoms with Gasteiger partial charge in [0, 0.05) is 6.04 Å². The van der Waals surface area contributed by atoms with Crippen LogP contribution in [0.3, 0.4) is 0 Å². The van der Waals surface area contributed by atoms with Crippen molar-refractivity contribution in [1.29, 1.82) is 0 Å². The highest BCUT2D eigenvalue weighted by Crippen LogP contribution is 2.65. The maximum absolute atomic E-state index is 12.2. The third-order valence-corrected chi connectivity index (χ3v) is 6.24. The van der Waals surface area contributed by atoms with Crippen molar-refractivity contribution in [2.45, 2.75) is 46.1 Å². The minimum absolute atomic E-state index is 0.00609. The summed E-state index contributed by atoms with van der Waals surface area (Å²) >= 11 is 0. The summed E-state index contributed by atoms with van der Waals surface area (Å²) in [5.41, 5.74) is 0.547. The predicted octanol–water partition coefficient (Wildman–Crippen LogP) is 3.40. The Bertz CT molecular complexity index is 525. The van der Waals surface area contributed by atoms with E-state index in [-0.39, 0.29) is 24.0 Å². The average Bonchev–Trinajstić information content (AvgIpc) is 2.79. The average molecular weight is 287 g/mol. The Hall–Kier alpha value is -1.51. The summed E-state index contributed by atoms with van der Waals surface area (Å²) in [6.45, 7) is 7.15. The van der Waals surface area contributed by atoms with Crippen LogP contribution in [0.5, 0.6) is 5.75 Å². The van der Waals surface area contributed by atoms with Gasteiger partial charge in [-0.25, -0.2) is 0 Å². The van der Waals surface area contributed by atoms with Crippen LogP contribution >= 0.6 is 0 Å². The fourth-order valence-corrected chi connectivity index (χ4v) is 4.32. The van der Waals surface area contributed by atoms with Gasteiger partial charge in [0.2, 0.25) is 0 Å². The van der Waals surface area contributed by atoms with Crippen LogP contribution in [-0.2, 0) is 4.79 Å². The van der Waals surface area contributed by atoms with Crippen molar-refractivity contribution in [2.75, 3.05) is 6.61 Å². The minimum Gasteiger partial charge on any atom is -0.484 e. The van der Waals surface area contributed by atoms with Crippen LogP contribution in [0.25, 0.3) is 0 Å². The van der Waals surface area contributed by atoms with Gasteiger partial charge >= 0.3 is 0 Å². The molecule has 21 heavy (non-hydrogen) atoms. The van der Waals surface area contributed by atoms with Gasteiger partial charge in [0.15, 0.2) is 6.61 Å². The van der Waals surface area contributed by atoms with Crippen LogP contribution < -0.4 is 10.1 Å². The highest BCUT2D eigenvalue weighted by atomic mass is 16.5. The van der Waals surface area contributed by atoms with Gasteiger partial charge in [-0.15, -0.1) is 0 Å². The molecule has 0 heterocycles. The minimum atomic E-state index is -0.00609. The maximum atomic E-state index is 12.2. The van der Waals surface area contributed by atoms with Gasteiger partial charge in [0.05, 0.1) is 0 Å². The standard InChI is InChI=1S/C18H25NO2/c1-17(2)13-9-10-18(17,3)15(11-13)19-16(20)12-21-14-7-5-4-6-8-14/h4-8,13,15H,9-12H2,1-3H3,(H,19,20)/t13-,15-,18+/m0/s1. The number of rotatable bonds is 4. The fourth-order valence-electron chi connectivity index (χ4n) is 4.32. The van der Waals surface area contributed by atoms with E-state index >= 15 is 0 Å². The first kappa shape index (κ1) is 14.4. The summed E-state index contributed by atoms with van der Waals surface area (Å²) in [5, 5.41) is 3.21. The molecule has 3 atom stereocenters. The van der Waals surface area contributed by atoms with E-state index in [9.17, 15) is 4.79 Å². The van der Waals surface area contributed by atoms with Gasteiger partial charge in [-0.05, 0) is 48.1 Å². The summed E-state index contributed by atoms with van der Waals surface area (Å²) in [4.78, 5) is 12.2. The quantitative estimate of drug-likeness (QED) is 0.921. The number of hydrogen-bond donors (Lipinski definition) is 1. The van der Waals surface area contributed by atoms with Crippen LogP contribution in [0, 0.1) is 16.7 Å². The van der Waals surface area contributed by atoms with Crippen molar-refractivity contribution in [3.05, 3.63) is 30.3 Å². The van der Waals surface area contributed by atoms with Gasteiger partial charge in [-0.2, -0.15) is 0 Å². The van der Waals surface area contributed by atoms with E-state index in [0.717, 1.165) is 18.1 Å². The maximum Gasteiger partial charge on any atom is 0.258 e. The van der Waals surface area contributed by atoms with Gasteiger partial charge in [0.1, 0.15) is 5.75 Å². The van der Waals surface area contributed by atoms with Gasteiger partial charge in [-0.3, -0.25) is 4.79 Å². The molecule has 1 N–H and O–H groups in total. The number of amides is 1. The normalized spacial score (nSPS) is 32.9. The first-order valence-corrected chi connectivity index (χ1v) is 7.91. The first-order valence-electron chi connectivity index (χ1n) is 7.91. The second kappa shape index (κ2) is 5.04. The largest absolute Gasteiger partial charge is 0.484 e. The molecule has 2 aliphatic rings. The summed E-state index contributed by atoms with van der Waals surface area (Å²) < 4.78 is 5.53. The molecule has 1 aromatic rings. The summed E-state index contributed by atoms with van der Waals surface area (Å²) in [6.07, 6.45) is 3.63. The SMILES string of the molecule is CC1(C)[C@H]2CC[C@]1(C)[C@@H](NC(=O)COc1ccccc1)C2. The molecule has 0 saturated heterocycles. The van der Waals surface area contributed by atoms with Crippen molar-refractivity contribution in [3.63, 3.8) is 0 Å². The molecule has 1 amide bonds. The van der Waals surface area contributed by atoms with Crippen LogP contribution in [-0.4, -0.2) is 18.6 Å². The van der Waals surface area contributed by atoms with E-state index in [4.69, 9.17) is 4.74 Å². The molecule has 2 fully saturated rings. The number of ether oxygens (including phenoxy) is 1. The number of para-hydroxylation sites is 1. The number of carbonyl (C=O) groups is 1. The molecule has 1 aromatic carbocycles. The predicted molar refractivity (Wildman–Crippen MR) is 83.1 cm³/mol. The number of fused-ring (bicyclic) bond motifs is 2.